The number of rotatable bonds is 6. The lowest BCUT2D eigenvalue weighted by atomic mass is 10.2. The van der Waals surface area contributed by atoms with Gasteiger partial charge in [-0.05, 0) is 24.3 Å². The van der Waals surface area contributed by atoms with Crippen molar-refractivity contribution in [3.05, 3.63) is 53.6 Å². The van der Waals surface area contributed by atoms with Crippen LogP contribution in [0.2, 0.25) is 0 Å². The Labute approximate surface area is 111 Å². The Morgan fingerprint density at radius 2 is 2.26 bits per heavy atom. The Balaban J connectivity index is 1.87. The topological polar surface area (TPSA) is 78.0 Å². The largest absolute Gasteiger partial charge is 0.396 e. The Bertz CT molecular complexity index is 523. The fourth-order valence-corrected chi connectivity index (χ4v) is 1.81. The molecular weight excluding hydrogens is 242 g/mol. The monoisotopic (exact) mass is 259 g/mol. The van der Waals surface area contributed by atoms with Crippen LogP contribution in [-0.2, 0) is 12.8 Å². The number of H-pyrrole nitrogens is 1. The highest BCUT2D eigenvalue weighted by molar-refractivity contribution is 5.94. The molecule has 5 heteroatoms. The predicted octanol–water partition coefficient (Wildman–Crippen LogP) is 0.917. The molecule has 0 aliphatic rings. The minimum atomic E-state index is -0.117. The first kappa shape index (κ1) is 13.3. The summed E-state index contributed by atoms with van der Waals surface area (Å²) in [6.45, 7) is 0.613. The summed E-state index contributed by atoms with van der Waals surface area (Å²) in [5.74, 6) is -0.117. The molecule has 0 spiro atoms. The zero-order chi connectivity index (χ0) is 13.5. The van der Waals surface area contributed by atoms with E-state index in [4.69, 9.17) is 5.11 Å². The molecule has 2 aromatic heterocycles. The second kappa shape index (κ2) is 6.70. The van der Waals surface area contributed by atoms with E-state index < -0.39 is 0 Å². The van der Waals surface area contributed by atoms with Crippen LogP contribution >= 0.6 is 0 Å². The van der Waals surface area contributed by atoms with E-state index in [-0.39, 0.29) is 12.5 Å². The standard InChI is InChI=1S/C14H17N3O2/c18-9-5-13-10-11(3-7-16-13)14(19)17-8-4-12-2-1-6-15-12/h1-3,6-7,10,15,18H,4-5,8-9H2,(H,17,19). The van der Waals surface area contributed by atoms with Gasteiger partial charge in [0.15, 0.2) is 0 Å². The van der Waals surface area contributed by atoms with Crippen molar-refractivity contribution in [1.82, 2.24) is 15.3 Å². The van der Waals surface area contributed by atoms with Crippen molar-refractivity contribution in [3.63, 3.8) is 0 Å². The average Bonchev–Trinajstić information content (AvgIpc) is 2.92. The van der Waals surface area contributed by atoms with Gasteiger partial charge in [0, 0.05) is 55.3 Å². The molecule has 5 nitrogen and oxygen atoms in total. The number of nitrogens with one attached hydrogen (secondary N) is 2. The molecule has 3 N–H and O–H groups in total. The summed E-state index contributed by atoms with van der Waals surface area (Å²) in [5, 5.41) is 11.7. The molecule has 0 radical (unpaired) electrons. The molecule has 0 saturated heterocycles. The second-order valence-corrected chi connectivity index (χ2v) is 4.21. The molecule has 1 amide bonds. The molecule has 0 atom stereocenters. The zero-order valence-corrected chi connectivity index (χ0v) is 10.6. The predicted molar refractivity (Wildman–Crippen MR) is 71.9 cm³/mol. The third kappa shape index (κ3) is 3.93. The summed E-state index contributed by atoms with van der Waals surface area (Å²) in [6.07, 6.45) is 4.68. The number of aliphatic hydroxyl groups excluding tert-OH is 1. The third-order valence-corrected chi connectivity index (χ3v) is 2.79. The number of hydrogen-bond donors (Lipinski definition) is 3. The van der Waals surface area contributed by atoms with E-state index >= 15 is 0 Å². The van der Waals surface area contributed by atoms with Crippen LogP contribution in [0.1, 0.15) is 21.7 Å². The molecule has 0 aliphatic carbocycles. The molecular formula is C14H17N3O2. The summed E-state index contributed by atoms with van der Waals surface area (Å²) >= 11 is 0. The first-order valence-electron chi connectivity index (χ1n) is 6.26. The fourth-order valence-electron chi connectivity index (χ4n) is 1.81. The number of aromatic nitrogens is 2. The van der Waals surface area contributed by atoms with Gasteiger partial charge in [-0.3, -0.25) is 9.78 Å². The van der Waals surface area contributed by atoms with Gasteiger partial charge in [0.25, 0.3) is 5.91 Å². The molecule has 0 saturated carbocycles. The average molecular weight is 259 g/mol. The van der Waals surface area contributed by atoms with Crippen LogP contribution in [0.15, 0.2) is 36.7 Å². The molecule has 2 aromatic rings. The summed E-state index contributed by atoms with van der Waals surface area (Å²) < 4.78 is 0. The van der Waals surface area contributed by atoms with Gasteiger partial charge in [-0.25, -0.2) is 0 Å². The van der Waals surface area contributed by atoms with Gasteiger partial charge in [0.1, 0.15) is 0 Å². The summed E-state index contributed by atoms with van der Waals surface area (Å²) in [5.41, 5.74) is 2.39. The van der Waals surface area contributed by atoms with Crippen LogP contribution < -0.4 is 5.32 Å². The third-order valence-electron chi connectivity index (χ3n) is 2.79. The molecule has 2 rings (SSSR count). The summed E-state index contributed by atoms with van der Waals surface area (Å²) in [6, 6.07) is 7.30. The van der Waals surface area contributed by atoms with Crippen LogP contribution in [0.4, 0.5) is 0 Å². The lowest BCUT2D eigenvalue weighted by molar-refractivity contribution is 0.0953. The van der Waals surface area contributed by atoms with Gasteiger partial charge in [-0.2, -0.15) is 0 Å². The van der Waals surface area contributed by atoms with Crippen LogP contribution in [0, 0.1) is 0 Å². The van der Waals surface area contributed by atoms with Crippen molar-refractivity contribution in [2.75, 3.05) is 13.2 Å². The van der Waals surface area contributed by atoms with Crippen molar-refractivity contribution >= 4 is 5.91 Å². The van der Waals surface area contributed by atoms with E-state index in [1.165, 1.54) is 0 Å². The molecule has 100 valence electrons. The van der Waals surface area contributed by atoms with Gasteiger partial charge >= 0.3 is 0 Å². The minimum absolute atomic E-state index is 0.0326. The van der Waals surface area contributed by atoms with Crippen LogP contribution in [0.5, 0.6) is 0 Å². The highest BCUT2D eigenvalue weighted by Crippen LogP contribution is 2.03. The summed E-state index contributed by atoms with van der Waals surface area (Å²) in [4.78, 5) is 19.1. The Morgan fingerprint density at radius 1 is 1.37 bits per heavy atom. The molecule has 0 aromatic carbocycles. The van der Waals surface area contributed by atoms with E-state index in [9.17, 15) is 4.79 Å². The van der Waals surface area contributed by atoms with E-state index in [2.05, 4.69) is 15.3 Å². The van der Waals surface area contributed by atoms with Crippen LogP contribution in [0.3, 0.4) is 0 Å². The highest BCUT2D eigenvalue weighted by atomic mass is 16.3. The Kier molecular flexibility index (Phi) is 4.69. The number of aliphatic hydroxyl groups is 1. The van der Waals surface area contributed by atoms with Gasteiger partial charge in [-0.1, -0.05) is 0 Å². The van der Waals surface area contributed by atoms with Crippen molar-refractivity contribution in [3.8, 4) is 0 Å². The van der Waals surface area contributed by atoms with Crippen LogP contribution in [0.25, 0.3) is 0 Å². The van der Waals surface area contributed by atoms with Gasteiger partial charge < -0.3 is 15.4 Å². The number of hydrogen-bond acceptors (Lipinski definition) is 3. The Morgan fingerprint density at radius 3 is 3.00 bits per heavy atom. The number of amides is 1. The number of pyridine rings is 1. The zero-order valence-electron chi connectivity index (χ0n) is 10.6. The normalized spacial score (nSPS) is 10.4. The maximum Gasteiger partial charge on any atom is 0.251 e. The van der Waals surface area contributed by atoms with E-state index in [0.29, 0.717) is 18.5 Å². The van der Waals surface area contributed by atoms with Crippen LogP contribution in [-0.4, -0.2) is 34.1 Å². The molecule has 0 unspecified atom stereocenters. The molecule has 0 fully saturated rings. The van der Waals surface area contributed by atoms with Crippen molar-refractivity contribution in [2.45, 2.75) is 12.8 Å². The highest BCUT2D eigenvalue weighted by Gasteiger charge is 2.06. The van der Waals surface area contributed by atoms with E-state index in [1.54, 1.807) is 18.3 Å². The Hall–Kier alpha value is -2.14. The first-order valence-corrected chi connectivity index (χ1v) is 6.26. The second-order valence-electron chi connectivity index (χ2n) is 4.21. The van der Waals surface area contributed by atoms with E-state index in [0.717, 1.165) is 17.8 Å². The smallest absolute Gasteiger partial charge is 0.251 e. The lowest BCUT2D eigenvalue weighted by Gasteiger charge is -2.05. The van der Waals surface area contributed by atoms with Crippen molar-refractivity contribution in [2.24, 2.45) is 0 Å². The number of carbonyl (C=O) groups is 1. The first-order chi connectivity index (χ1) is 9.29. The quantitative estimate of drug-likeness (QED) is 0.721. The maximum absolute atomic E-state index is 11.9. The van der Waals surface area contributed by atoms with Gasteiger partial charge in [-0.15, -0.1) is 0 Å². The van der Waals surface area contributed by atoms with Crippen molar-refractivity contribution < 1.29 is 9.90 Å². The van der Waals surface area contributed by atoms with Gasteiger partial charge in [0.2, 0.25) is 0 Å². The molecule has 2 heterocycles. The number of nitrogens with zero attached hydrogens (tertiary/aromatic N) is 1. The summed E-state index contributed by atoms with van der Waals surface area (Å²) in [7, 11) is 0. The molecule has 0 aliphatic heterocycles. The maximum atomic E-state index is 11.9. The van der Waals surface area contributed by atoms with E-state index in [1.807, 2.05) is 18.3 Å². The fraction of sp³-hybridized carbons (Fsp3) is 0.286. The SMILES string of the molecule is O=C(NCCc1ccc[nH]1)c1ccnc(CCO)c1. The molecule has 0 bridgehead atoms. The lowest BCUT2D eigenvalue weighted by Crippen LogP contribution is -2.26. The number of aromatic amines is 1. The minimum Gasteiger partial charge on any atom is -0.396 e. The van der Waals surface area contributed by atoms with Crippen molar-refractivity contribution in [1.29, 1.82) is 0 Å². The van der Waals surface area contributed by atoms with Gasteiger partial charge in [0.05, 0.1) is 0 Å². The molecule has 19 heavy (non-hydrogen) atoms. The number of carbonyl (C=O) groups excluding carboxylic acids is 1.